The van der Waals surface area contributed by atoms with E-state index in [2.05, 4.69) is 19.9 Å². The predicted octanol–water partition coefficient (Wildman–Crippen LogP) is 4.13. The van der Waals surface area contributed by atoms with E-state index in [1.807, 2.05) is 36.4 Å². The van der Waals surface area contributed by atoms with Gasteiger partial charge in [0.15, 0.2) is 12.2 Å². The minimum Gasteiger partial charge on any atom is -0.457 e. The summed E-state index contributed by atoms with van der Waals surface area (Å²) in [6.07, 6.45) is 3.06. The van der Waals surface area contributed by atoms with Crippen molar-refractivity contribution >= 4 is 12.2 Å². The molecule has 0 saturated carbocycles. The molecule has 0 aliphatic heterocycles. The van der Waals surface area contributed by atoms with Crippen LogP contribution in [0.3, 0.4) is 0 Å². The van der Waals surface area contributed by atoms with Gasteiger partial charge in [0.2, 0.25) is 6.79 Å². The van der Waals surface area contributed by atoms with Gasteiger partial charge >= 0.3 is 0 Å². The van der Waals surface area contributed by atoms with Crippen LogP contribution in [-0.4, -0.2) is 18.2 Å². The Bertz CT molecular complexity index is 813. The fraction of sp³-hybridized carbons (Fsp3) is 0.111. The van der Waals surface area contributed by atoms with E-state index in [-0.39, 0.29) is 6.79 Å². The second-order valence-electron chi connectivity index (χ2n) is 4.98. The molecule has 0 N–H and O–H groups in total. The number of carbonyl (C=O) groups excluding carboxylic acids is 1. The Morgan fingerprint density at radius 2 is 1.88 bits per heavy atom. The van der Waals surface area contributed by atoms with Crippen LogP contribution in [0.2, 0.25) is 0 Å². The summed E-state index contributed by atoms with van der Waals surface area (Å²) in [6, 6.07) is 14.9. The van der Waals surface area contributed by atoms with Crippen molar-refractivity contribution in [2.24, 2.45) is 10.2 Å². The van der Waals surface area contributed by atoms with Gasteiger partial charge in [0.1, 0.15) is 5.75 Å². The molecule has 126 valence electrons. The predicted molar refractivity (Wildman–Crippen MR) is 89.2 cm³/mol. The summed E-state index contributed by atoms with van der Waals surface area (Å²) in [6.45, 7) is 0.689. The molecule has 3 rings (SSSR count). The van der Waals surface area contributed by atoms with Crippen molar-refractivity contribution in [3.63, 3.8) is 0 Å². The summed E-state index contributed by atoms with van der Waals surface area (Å²) < 4.78 is 14.9. The summed E-state index contributed by atoms with van der Waals surface area (Å²) in [5.41, 5.74) is 2.69. The molecule has 0 unspecified atom stereocenters. The van der Waals surface area contributed by atoms with Crippen molar-refractivity contribution in [2.45, 2.75) is 6.54 Å². The van der Waals surface area contributed by atoms with Crippen LogP contribution in [0.5, 0.6) is 5.75 Å². The van der Waals surface area contributed by atoms with Crippen LogP contribution in [0.4, 0.5) is 5.69 Å². The number of hydrogen-bond donors (Lipinski definition) is 0. The fourth-order valence-corrected chi connectivity index (χ4v) is 2.07. The molecule has 0 aliphatic rings. The minimum absolute atomic E-state index is 0.105. The average molecular weight is 337 g/mol. The molecular weight excluding hydrogens is 322 g/mol. The van der Waals surface area contributed by atoms with Crippen molar-refractivity contribution in [3.8, 4) is 17.1 Å². The molecule has 0 fully saturated rings. The molecule has 0 atom stereocenters. The number of rotatable bonds is 8. The number of ether oxygens (including phenoxy) is 2. The van der Waals surface area contributed by atoms with Crippen molar-refractivity contribution in [1.82, 2.24) is 4.98 Å². The molecule has 0 spiro atoms. The van der Waals surface area contributed by atoms with Gasteiger partial charge in [0, 0.05) is 5.56 Å². The summed E-state index contributed by atoms with van der Waals surface area (Å²) in [5.74, 6) is 1.33. The summed E-state index contributed by atoms with van der Waals surface area (Å²) in [5, 5.41) is 8.38. The van der Waals surface area contributed by atoms with Crippen LogP contribution >= 0.6 is 0 Å². The first kappa shape index (κ1) is 16.4. The number of benzene rings is 2. The molecular formula is C18H15N3O4. The first-order valence-electron chi connectivity index (χ1n) is 7.48. The van der Waals surface area contributed by atoms with E-state index in [9.17, 15) is 4.79 Å². The minimum atomic E-state index is -0.105. The van der Waals surface area contributed by atoms with Crippen LogP contribution in [0.15, 0.2) is 75.8 Å². The molecule has 3 aromatic rings. The normalized spacial score (nSPS) is 10.7. The Morgan fingerprint density at radius 3 is 2.56 bits per heavy atom. The Kier molecular flexibility index (Phi) is 5.50. The highest BCUT2D eigenvalue weighted by molar-refractivity contribution is 5.59. The average Bonchev–Trinajstić information content (AvgIpc) is 3.19. The zero-order valence-electron chi connectivity index (χ0n) is 13.2. The maximum absolute atomic E-state index is 10.0. The van der Waals surface area contributed by atoms with Crippen molar-refractivity contribution in [1.29, 1.82) is 0 Å². The summed E-state index contributed by atoms with van der Waals surface area (Å²) >= 11 is 0. The lowest BCUT2D eigenvalue weighted by atomic mass is 10.2. The Balaban J connectivity index is 1.53. The van der Waals surface area contributed by atoms with Crippen molar-refractivity contribution in [2.75, 3.05) is 6.79 Å². The molecule has 25 heavy (non-hydrogen) atoms. The van der Waals surface area contributed by atoms with Crippen molar-refractivity contribution < 1.29 is 18.7 Å². The van der Waals surface area contributed by atoms with E-state index >= 15 is 0 Å². The van der Waals surface area contributed by atoms with Gasteiger partial charge < -0.3 is 13.9 Å². The van der Waals surface area contributed by atoms with Gasteiger partial charge in [-0.25, -0.2) is 4.98 Å². The number of nitrogens with zero attached hydrogens (tertiary/aromatic N) is 3. The lowest BCUT2D eigenvalue weighted by Crippen LogP contribution is -2.00. The first-order chi connectivity index (χ1) is 12.3. The topological polar surface area (TPSA) is 86.3 Å². The molecule has 7 heteroatoms. The maximum Gasteiger partial charge on any atom is 0.295 e. The van der Waals surface area contributed by atoms with Gasteiger partial charge in [-0.1, -0.05) is 12.1 Å². The van der Waals surface area contributed by atoms with E-state index in [0.29, 0.717) is 24.5 Å². The monoisotopic (exact) mass is 337 g/mol. The van der Waals surface area contributed by atoms with E-state index in [1.54, 1.807) is 18.3 Å². The molecule has 0 radical (unpaired) electrons. The largest absolute Gasteiger partial charge is 0.457 e. The molecule has 0 saturated heterocycles. The Hall–Kier alpha value is -3.48. The zero-order valence-corrected chi connectivity index (χ0v) is 13.2. The highest BCUT2D eigenvalue weighted by Crippen LogP contribution is 2.22. The number of hydrogen-bond acceptors (Lipinski definition) is 7. The second-order valence-corrected chi connectivity index (χ2v) is 4.98. The van der Waals surface area contributed by atoms with E-state index in [1.165, 1.54) is 6.39 Å². The molecule has 2 aromatic carbocycles. The number of azo groups is 1. The Labute approximate surface area is 143 Å². The third-order valence-electron chi connectivity index (χ3n) is 3.31. The molecule has 0 aliphatic carbocycles. The Morgan fingerprint density at radius 1 is 1.08 bits per heavy atom. The number of carbonyl (C=O) groups is 1. The summed E-state index contributed by atoms with van der Waals surface area (Å²) in [4.78, 5) is 13.9. The molecule has 1 heterocycles. The van der Waals surface area contributed by atoms with Crippen LogP contribution in [0.25, 0.3) is 11.3 Å². The zero-order chi connectivity index (χ0) is 17.3. The third kappa shape index (κ3) is 4.74. The molecule has 7 nitrogen and oxygen atoms in total. The van der Waals surface area contributed by atoms with E-state index in [0.717, 1.165) is 16.8 Å². The SMILES string of the molecule is O=COCOc1ccc(CN=Nc2ccc(-c3cnco3)cc2)cc1. The number of oxazole rings is 1. The second kappa shape index (κ2) is 8.39. The van der Waals surface area contributed by atoms with Gasteiger partial charge in [0.05, 0.1) is 18.4 Å². The van der Waals surface area contributed by atoms with Crippen LogP contribution in [-0.2, 0) is 16.1 Å². The van der Waals surface area contributed by atoms with Gasteiger partial charge in [-0.2, -0.15) is 10.2 Å². The van der Waals surface area contributed by atoms with Gasteiger partial charge in [-0.05, 0) is 42.0 Å². The molecule has 1 aromatic heterocycles. The van der Waals surface area contributed by atoms with Crippen LogP contribution in [0, 0.1) is 0 Å². The lowest BCUT2D eigenvalue weighted by Gasteiger charge is -2.04. The van der Waals surface area contributed by atoms with Gasteiger partial charge in [-0.15, -0.1) is 0 Å². The standard InChI is InChI=1S/C18H15N3O4/c22-12-23-13-25-17-7-1-14(2-8-17)9-20-21-16-5-3-15(4-6-16)18-10-19-11-24-18/h1-8,10-12H,9,13H2. The first-order valence-corrected chi connectivity index (χ1v) is 7.48. The summed E-state index contributed by atoms with van der Waals surface area (Å²) in [7, 11) is 0. The molecule has 0 amide bonds. The smallest absolute Gasteiger partial charge is 0.295 e. The van der Waals surface area contributed by atoms with E-state index in [4.69, 9.17) is 9.15 Å². The number of aromatic nitrogens is 1. The van der Waals surface area contributed by atoms with Crippen LogP contribution in [0.1, 0.15) is 5.56 Å². The van der Waals surface area contributed by atoms with E-state index < -0.39 is 0 Å². The fourth-order valence-electron chi connectivity index (χ4n) is 2.07. The van der Waals surface area contributed by atoms with Crippen molar-refractivity contribution in [3.05, 3.63) is 66.7 Å². The van der Waals surface area contributed by atoms with Crippen LogP contribution < -0.4 is 4.74 Å². The highest BCUT2D eigenvalue weighted by atomic mass is 16.7. The van der Waals surface area contributed by atoms with Gasteiger partial charge in [-0.3, -0.25) is 4.79 Å². The lowest BCUT2D eigenvalue weighted by molar-refractivity contribution is -0.134. The highest BCUT2D eigenvalue weighted by Gasteiger charge is 2.00. The third-order valence-corrected chi connectivity index (χ3v) is 3.31. The van der Waals surface area contributed by atoms with Gasteiger partial charge in [0.25, 0.3) is 6.47 Å². The molecule has 0 bridgehead atoms. The maximum atomic E-state index is 10.0. The quantitative estimate of drug-likeness (QED) is 0.267.